The van der Waals surface area contributed by atoms with Crippen molar-refractivity contribution in [1.82, 2.24) is 4.90 Å². The lowest BCUT2D eigenvalue weighted by molar-refractivity contribution is 0.185. The predicted octanol–water partition coefficient (Wildman–Crippen LogP) is 1.38. The Balaban J connectivity index is 2.05. The molecule has 2 rings (SSSR count). The second-order valence-corrected chi connectivity index (χ2v) is 3.62. The van der Waals surface area contributed by atoms with Gasteiger partial charge in [-0.1, -0.05) is 6.42 Å². The summed E-state index contributed by atoms with van der Waals surface area (Å²) in [5.74, 6) is 0.343. The van der Waals surface area contributed by atoms with Crippen LogP contribution in [0.3, 0.4) is 0 Å². The maximum Gasteiger partial charge on any atom is 0.0672 e. The lowest BCUT2D eigenvalue weighted by Gasteiger charge is -2.30. The van der Waals surface area contributed by atoms with Crippen molar-refractivity contribution in [3.05, 3.63) is 0 Å². The van der Waals surface area contributed by atoms with Crippen LogP contribution in [0.2, 0.25) is 0 Å². The van der Waals surface area contributed by atoms with Crippen LogP contribution in [0.5, 0.6) is 0 Å². The molecule has 60 valence electrons. The van der Waals surface area contributed by atoms with Gasteiger partial charge in [-0.05, 0) is 32.4 Å². The molecule has 0 saturated carbocycles. The number of piperidine rings is 1. The molecular formula is C9H14N2. The molecule has 0 aliphatic carbocycles. The third-order valence-corrected chi connectivity index (χ3v) is 3.02. The molecule has 0 aromatic heterocycles. The number of hydrogen-bond acceptors (Lipinski definition) is 2. The van der Waals surface area contributed by atoms with Crippen LogP contribution < -0.4 is 0 Å². The molecule has 2 aliphatic rings. The van der Waals surface area contributed by atoms with Crippen LogP contribution in [0.25, 0.3) is 0 Å². The Morgan fingerprint density at radius 1 is 1.18 bits per heavy atom. The molecule has 2 heterocycles. The average Bonchev–Trinajstić information content (AvgIpc) is 2.47. The lowest BCUT2D eigenvalue weighted by atomic mass is 9.95. The lowest BCUT2D eigenvalue weighted by Crippen LogP contribution is -2.36. The van der Waals surface area contributed by atoms with E-state index in [0.29, 0.717) is 12.0 Å². The van der Waals surface area contributed by atoms with Crippen LogP contribution in [0, 0.1) is 17.2 Å². The second-order valence-electron chi connectivity index (χ2n) is 3.62. The van der Waals surface area contributed by atoms with E-state index >= 15 is 0 Å². The van der Waals surface area contributed by atoms with Gasteiger partial charge in [-0.3, -0.25) is 4.90 Å². The van der Waals surface area contributed by atoms with E-state index in [1.807, 2.05) is 0 Å². The van der Waals surface area contributed by atoms with Crippen molar-refractivity contribution < 1.29 is 0 Å². The maximum absolute atomic E-state index is 8.83. The normalized spacial score (nSPS) is 38.1. The number of rotatable bonds is 0. The zero-order chi connectivity index (χ0) is 7.68. The van der Waals surface area contributed by atoms with E-state index in [0.717, 1.165) is 6.42 Å². The van der Waals surface area contributed by atoms with Crippen molar-refractivity contribution in [3.63, 3.8) is 0 Å². The van der Waals surface area contributed by atoms with E-state index in [-0.39, 0.29) is 0 Å². The van der Waals surface area contributed by atoms with Crippen molar-refractivity contribution in [3.8, 4) is 6.07 Å². The summed E-state index contributed by atoms with van der Waals surface area (Å²) in [6.07, 6.45) is 5.05. The summed E-state index contributed by atoms with van der Waals surface area (Å²) in [6.45, 7) is 2.41. The first-order valence-electron chi connectivity index (χ1n) is 4.55. The van der Waals surface area contributed by atoms with E-state index in [1.54, 1.807) is 0 Å². The fourth-order valence-electron chi connectivity index (χ4n) is 2.40. The summed E-state index contributed by atoms with van der Waals surface area (Å²) >= 11 is 0. The van der Waals surface area contributed by atoms with Gasteiger partial charge in [0.2, 0.25) is 0 Å². The molecule has 0 N–H and O–H groups in total. The Hall–Kier alpha value is -0.550. The summed E-state index contributed by atoms with van der Waals surface area (Å²) in [7, 11) is 0. The molecule has 0 aromatic rings. The minimum absolute atomic E-state index is 0.343. The summed E-state index contributed by atoms with van der Waals surface area (Å²) in [6, 6.07) is 3.04. The van der Waals surface area contributed by atoms with Crippen molar-refractivity contribution in [2.75, 3.05) is 13.1 Å². The third-order valence-electron chi connectivity index (χ3n) is 3.02. The van der Waals surface area contributed by atoms with Gasteiger partial charge < -0.3 is 0 Å². The smallest absolute Gasteiger partial charge is 0.0672 e. The number of hydrogen-bond donors (Lipinski definition) is 0. The molecule has 2 fully saturated rings. The Labute approximate surface area is 67.8 Å². The molecule has 2 saturated heterocycles. The molecule has 0 radical (unpaired) electrons. The molecule has 2 unspecified atom stereocenters. The van der Waals surface area contributed by atoms with Gasteiger partial charge in [0.25, 0.3) is 0 Å². The van der Waals surface area contributed by atoms with Crippen molar-refractivity contribution >= 4 is 0 Å². The SMILES string of the molecule is N#CC1CCN2CCCCC12. The monoisotopic (exact) mass is 150 g/mol. The minimum Gasteiger partial charge on any atom is -0.299 e. The number of nitriles is 1. The highest BCUT2D eigenvalue weighted by atomic mass is 15.2. The van der Waals surface area contributed by atoms with E-state index in [9.17, 15) is 0 Å². The average molecular weight is 150 g/mol. The van der Waals surface area contributed by atoms with Gasteiger partial charge in [-0.25, -0.2) is 0 Å². The Kier molecular flexibility index (Phi) is 1.83. The van der Waals surface area contributed by atoms with Crippen molar-refractivity contribution in [2.24, 2.45) is 5.92 Å². The minimum atomic E-state index is 0.343. The van der Waals surface area contributed by atoms with E-state index in [1.165, 1.54) is 32.4 Å². The van der Waals surface area contributed by atoms with Crippen LogP contribution in [0.1, 0.15) is 25.7 Å². The van der Waals surface area contributed by atoms with E-state index in [2.05, 4.69) is 11.0 Å². The maximum atomic E-state index is 8.83. The summed E-state index contributed by atoms with van der Waals surface area (Å²) < 4.78 is 0. The first-order chi connectivity index (χ1) is 5.42. The van der Waals surface area contributed by atoms with Crippen molar-refractivity contribution in [2.45, 2.75) is 31.7 Å². The molecule has 2 nitrogen and oxygen atoms in total. The van der Waals surface area contributed by atoms with Gasteiger partial charge in [0.15, 0.2) is 0 Å². The fraction of sp³-hybridized carbons (Fsp3) is 0.889. The number of nitrogens with zero attached hydrogens (tertiary/aromatic N) is 2. The van der Waals surface area contributed by atoms with Gasteiger partial charge in [0, 0.05) is 6.04 Å². The van der Waals surface area contributed by atoms with Crippen LogP contribution in [-0.4, -0.2) is 24.0 Å². The molecule has 2 heteroatoms. The van der Waals surface area contributed by atoms with E-state index < -0.39 is 0 Å². The predicted molar refractivity (Wildman–Crippen MR) is 42.9 cm³/mol. The zero-order valence-electron chi connectivity index (χ0n) is 6.79. The highest BCUT2D eigenvalue weighted by molar-refractivity contribution is 4.99. The van der Waals surface area contributed by atoms with Gasteiger partial charge in [0.05, 0.1) is 12.0 Å². The highest BCUT2D eigenvalue weighted by Crippen LogP contribution is 2.30. The third kappa shape index (κ3) is 1.14. The van der Waals surface area contributed by atoms with Gasteiger partial charge in [-0.2, -0.15) is 5.26 Å². The molecule has 2 aliphatic heterocycles. The molecule has 0 amide bonds. The van der Waals surface area contributed by atoms with Crippen molar-refractivity contribution in [1.29, 1.82) is 5.26 Å². The molecule has 0 spiro atoms. The molecule has 11 heavy (non-hydrogen) atoms. The zero-order valence-corrected chi connectivity index (χ0v) is 6.79. The standard InChI is InChI=1S/C9H14N2/c10-7-8-4-6-11-5-2-1-3-9(8)11/h8-9H,1-6H2. The topological polar surface area (TPSA) is 27.0 Å². The molecule has 0 aromatic carbocycles. The Morgan fingerprint density at radius 3 is 2.91 bits per heavy atom. The summed E-state index contributed by atoms with van der Waals surface area (Å²) in [5.41, 5.74) is 0. The Morgan fingerprint density at radius 2 is 2.09 bits per heavy atom. The molecule has 0 bridgehead atoms. The summed E-state index contributed by atoms with van der Waals surface area (Å²) in [4.78, 5) is 2.50. The first-order valence-corrected chi connectivity index (χ1v) is 4.55. The molecular weight excluding hydrogens is 136 g/mol. The highest BCUT2D eigenvalue weighted by Gasteiger charge is 2.35. The van der Waals surface area contributed by atoms with Gasteiger partial charge >= 0.3 is 0 Å². The summed E-state index contributed by atoms with van der Waals surface area (Å²) in [5, 5.41) is 8.83. The van der Waals surface area contributed by atoms with E-state index in [4.69, 9.17) is 5.26 Å². The van der Waals surface area contributed by atoms with Gasteiger partial charge in [-0.15, -0.1) is 0 Å². The largest absolute Gasteiger partial charge is 0.299 e. The second kappa shape index (κ2) is 2.83. The van der Waals surface area contributed by atoms with Crippen LogP contribution in [0.4, 0.5) is 0 Å². The first kappa shape index (κ1) is 7.12. The fourth-order valence-corrected chi connectivity index (χ4v) is 2.40. The molecule has 2 atom stereocenters. The number of fused-ring (bicyclic) bond motifs is 1. The quantitative estimate of drug-likeness (QED) is 0.521. The van der Waals surface area contributed by atoms with Gasteiger partial charge in [0.1, 0.15) is 0 Å². The Bertz CT molecular complexity index is 182. The van der Waals surface area contributed by atoms with Crippen LogP contribution >= 0.6 is 0 Å². The van der Waals surface area contributed by atoms with Crippen LogP contribution in [-0.2, 0) is 0 Å². The van der Waals surface area contributed by atoms with Crippen LogP contribution in [0.15, 0.2) is 0 Å².